The van der Waals surface area contributed by atoms with Crippen LogP contribution in [0.3, 0.4) is 0 Å². The summed E-state index contributed by atoms with van der Waals surface area (Å²) in [6.45, 7) is 0.753. The number of nitrogens with zero attached hydrogens (tertiary/aromatic N) is 2. The van der Waals surface area contributed by atoms with E-state index in [2.05, 4.69) is 15.0 Å². The maximum absolute atomic E-state index is 4.01. The molecule has 1 heterocycles. The molecule has 0 bridgehead atoms. The van der Waals surface area contributed by atoms with Crippen LogP contribution in [0.15, 0.2) is 9.65 Å². The van der Waals surface area contributed by atoms with Gasteiger partial charge in [0, 0.05) is 0 Å². The summed E-state index contributed by atoms with van der Waals surface area (Å²) < 4.78 is 4.01. The quantitative estimate of drug-likeness (QED) is 0.373. The molecular weight excluding hydrogens is 106 g/mol. The van der Waals surface area contributed by atoms with Crippen molar-refractivity contribution >= 4 is 22.6 Å². The minimum absolute atomic E-state index is 0.753. The molecule has 1 aliphatic heterocycles. The van der Waals surface area contributed by atoms with Crippen molar-refractivity contribution in [2.45, 2.75) is 0 Å². The lowest BCUT2D eigenvalue weighted by Crippen LogP contribution is -2.16. The third-order valence-electron chi connectivity index (χ3n) is 0.833. The molecular formula is C3H7N3Si. The Balaban J connectivity index is 2.51. The molecule has 0 radical (unpaired) electrons. The number of rotatable bonds is 0. The van der Waals surface area contributed by atoms with E-state index >= 15 is 0 Å². The highest BCUT2D eigenvalue weighted by molar-refractivity contribution is 6.15. The SMILES string of the molecule is [SiH3]/N=C1/CN=CN1. The molecule has 0 aliphatic carbocycles. The minimum Gasteiger partial charge on any atom is -0.334 e. The van der Waals surface area contributed by atoms with E-state index in [9.17, 15) is 0 Å². The van der Waals surface area contributed by atoms with Crippen molar-refractivity contribution in [3.63, 3.8) is 0 Å². The van der Waals surface area contributed by atoms with E-state index in [4.69, 9.17) is 0 Å². The average Bonchev–Trinajstić information content (AvgIpc) is 2.14. The van der Waals surface area contributed by atoms with Crippen molar-refractivity contribution in [1.29, 1.82) is 0 Å². The third-order valence-corrected chi connectivity index (χ3v) is 1.37. The molecule has 0 atom stereocenters. The van der Waals surface area contributed by atoms with Crippen molar-refractivity contribution in [2.24, 2.45) is 9.65 Å². The number of hydrogen-bond acceptors (Lipinski definition) is 2. The molecule has 0 saturated carbocycles. The number of hydrogen-bond donors (Lipinski definition) is 1. The summed E-state index contributed by atoms with van der Waals surface area (Å²) >= 11 is 0. The minimum atomic E-state index is 0.753. The van der Waals surface area contributed by atoms with E-state index in [1.807, 2.05) is 0 Å². The van der Waals surface area contributed by atoms with Gasteiger partial charge < -0.3 is 9.97 Å². The van der Waals surface area contributed by atoms with Gasteiger partial charge in [-0.05, 0) is 0 Å². The van der Waals surface area contributed by atoms with Crippen molar-refractivity contribution in [1.82, 2.24) is 5.32 Å². The lowest BCUT2D eigenvalue weighted by atomic mass is 10.6. The first-order valence-electron chi connectivity index (χ1n) is 2.14. The molecule has 1 rings (SSSR count). The first-order valence-corrected chi connectivity index (χ1v) is 3.03. The fraction of sp³-hybridized carbons (Fsp3) is 0.333. The molecule has 0 unspecified atom stereocenters. The molecule has 1 N–H and O–H groups in total. The molecule has 3 nitrogen and oxygen atoms in total. The zero-order valence-electron chi connectivity index (χ0n) is 4.18. The largest absolute Gasteiger partial charge is 0.334 e. The molecule has 0 fully saturated rings. The Morgan fingerprint density at radius 1 is 2.00 bits per heavy atom. The number of nitrogens with one attached hydrogen (secondary N) is 1. The van der Waals surface area contributed by atoms with E-state index < -0.39 is 0 Å². The summed E-state index contributed by atoms with van der Waals surface area (Å²) in [5.41, 5.74) is 0. The van der Waals surface area contributed by atoms with Gasteiger partial charge in [-0.3, -0.25) is 4.99 Å². The zero-order valence-corrected chi connectivity index (χ0v) is 6.18. The molecule has 0 amide bonds. The van der Waals surface area contributed by atoms with Crippen molar-refractivity contribution in [3.05, 3.63) is 0 Å². The number of aliphatic imine (C=N–C) groups is 1. The van der Waals surface area contributed by atoms with Crippen LogP contribution in [0.2, 0.25) is 0 Å². The fourth-order valence-electron chi connectivity index (χ4n) is 0.433. The molecule has 38 valence electrons. The number of amidine groups is 1. The maximum Gasteiger partial charge on any atom is 0.137 e. The van der Waals surface area contributed by atoms with Gasteiger partial charge in [0.25, 0.3) is 0 Å². The first kappa shape index (κ1) is 4.51. The van der Waals surface area contributed by atoms with Crippen LogP contribution in [0.4, 0.5) is 0 Å². The molecule has 0 aromatic rings. The highest BCUT2D eigenvalue weighted by Gasteiger charge is 1.95. The van der Waals surface area contributed by atoms with Gasteiger partial charge in [-0.25, -0.2) is 0 Å². The Labute approximate surface area is 45.1 Å². The Kier molecular flexibility index (Phi) is 1.21. The summed E-state index contributed by atoms with van der Waals surface area (Å²) in [5, 5.41) is 2.90. The zero-order chi connectivity index (χ0) is 5.11. The Morgan fingerprint density at radius 2 is 2.86 bits per heavy atom. The molecule has 0 aromatic carbocycles. The van der Waals surface area contributed by atoms with Crippen LogP contribution in [0.25, 0.3) is 0 Å². The summed E-state index contributed by atoms with van der Waals surface area (Å²) in [7, 11) is 0.877. The van der Waals surface area contributed by atoms with Gasteiger partial charge in [0.1, 0.15) is 16.2 Å². The second-order valence-electron chi connectivity index (χ2n) is 1.28. The van der Waals surface area contributed by atoms with Crippen molar-refractivity contribution < 1.29 is 0 Å². The predicted molar refractivity (Wildman–Crippen MR) is 33.9 cm³/mol. The van der Waals surface area contributed by atoms with Crippen LogP contribution in [0, 0.1) is 0 Å². The first-order chi connectivity index (χ1) is 3.43. The molecule has 0 saturated heterocycles. The summed E-state index contributed by atoms with van der Waals surface area (Å²) in [6, 6.07) is 0. The van der Waals surface area contributed by atoms with E-state index in [0.717, 1.165) is 22.8 Å². The van der Waals surface area contributed by atoms with Gasteiger partial charge in [-0.1, -0.05) is 0 Å². The van der Waals surface area contributed by atoms with Gasteiger partial charge in [0.2, 0.25) is 0 Å². The highest BCUT2D eigenvalue weighted by Crippen LogP contribution is 1.77. The van der Waals surface area contributed by atoms with Gasteiger partial charge in [-0.15, -0.1) is 0 Å². The van der Waals surface area contributed by atoms with Crippen LogP contribution in [0.1, 0.15) is 0 Å². The van der Waals surface area contributed by atoms with Crippen LogP contribution in [-0.4, -0.2) is 29.1 Å². The van der Waals surface area contributed by atoms with E-state index in [1.165, 1.54) is 0 Å². The predicted octanol–water partition coefficient (Wildman–Crippen LogP) is -1.70. The lowest BCUT2D eigenvalue weighted by molar-refractivity contribution is 1.33. The monoisotopic (exact) mass is 113 g/mol. The standard InChI is InChI=1S/C3H7N3Si/c7-6-3-1-4-2-5-3/h2H,1H2,7H3,(H,4,5,6). The van der Waals surface area contributed by atoms with Crippen LogP contribution in [-0.2, 0) is 0 Å². The molecule has 0 spiro atoms. The Morgan fingerprint density at radius 3 is 3.14 bits per heavy atom. The summed E-state index contributed by atoms with van der Waals surface area (Å²) in [6.07, 6.45) is 1.68. The smallest absolute Gasteiger partial charge is 0.137 e. The van der Waals surface area contributed by atoms with Crippen LogP contribution >= 0.6 is 0 Å². The summed E-state index contributed by atoms with van der Waals surface area (Å²) in [5.74, 6) is 1.01. The normalized spacial score (nSPS) is 23.7. The molecule has 0 aromatic heterocycles. The maximum atomic E-state index is 4.01. The van der Waals surface area contributed by atoms with E-state index in [0.29, 0.717) is 0 Å². The Bertz CT molecular complexity index is 107. The van der Waals surface area contributed by atoms with Crippen molar-refractivity contribution in [3.8, 4) is 0 Å². The third kappa shape index (κ3) is 0.864. The van der Waals surface area contributed by atoms with Crippen LogP contribution < -0.4 is 5.32 Å². The van der Waals surface area contributed by atoms with Gasteiger partial charge >= 0.3 is 0 Å². The molecule has 7 heavy (non-hydrogen) atoms. The topological polar surface area (TPSA) is 36.8 Å². The van der Waals surface area contributed by atoms with E-state index in [-0.39, 0.29) is 0 Å². The van der Waals surface area contributed by atoms with Crippen LogP contribution in [0.5, 0.6) is 0 Å². The summed E-state index contributed by atoms with van der Waals surface area (Å²) in [4.78, 5) is 3.89. The van der Waals surface area contributed by atoms with Gasteiger partial charge in [0.05, 0.1) is 12.9 Å². The molecule has 4 heteroatoms. The van der Waals surface area contributed by atoms with Crippen molar-refractivity contribution in [2.75, 3.05) is 6.54 Å². The average molecular weight is 113 g/mol. The lowest BCUT2D eigenvalue weighted by Gasteiger charge is -1.87. The Hall–Kier alpha value is -0.643. The fourth-order valence-corrected chi connectivity index (χ4v) is 0.704. The second kappa shape index (κ2) is 1.88. The van der Waals surface area contributed by atoms with Gasteiger partial charge in [-0.2, -0.15) is 0 Å². The van der Waals surface area contributed by atoms with Gasteiger partial charge in [0.15, 0.2) is 0 Å². The van der Waals surface area contributed by atoms with E-state index in [1.54, 1.807) is 6.34 Å². The second-order valence-corrected chi connectivity index (χ2v) is 1.73. The molecule has 1 aliphatic rings. The highest BCUT2D eigenvalue weighted by atomic mass is 28.2.